The minimum Gasteiger partial charge on any atom is -0.376 e. The molecule has 0 fully saturated rings. The molecule has 0 heterocycles. The Morgan fingerprint density at radius 1 is 0.800 bits per heavy atom. The Bertz CT molecular complexity index is 1140. The SMILES string of the molecule is CN(C)c1ccc(S(=O)(=O)N(C)C)cc1NC(=O)c1ccc(-c2ccccc2)cc1. The third kappa shape index (κ3) is 4.53. The summed E-state index contributed by atoms with van der Waals surface area (Å²) in [7, 11) is 3.00. The number of carbonyl (C=O) groups excluding carboxylic acids is 1. The number of carbonyl (C=O) groups is 1. The van der Waals surface area contributed by atoms with E-state index in [4.69, 9.17) is 0 Å². The largest absolute Gasteiger partial charge is 0.376 e. The normalized spacial score (nSPS) is 11.4. The summed E-state index contributed by atoms with van der Waals surface area (Å²) in [4.78, 5) is 14.8. The van der Waals surface area contributed by atoms with Crippen LogP contribution >= 0.6 is 0 Å². The van der Waals surface area contributed by atoms with E-state index in [1.54, 1.807) is 18.2 Å². The van der Waals surface area contributed by atoms with Crippen LogP contribution in [0.25, 0.3) is 11.1 Å². The maximum atomic E-state index is 12.8. The number of nitrogens with zero attached hydrogens (tertiary/aromatic N) is 2. The van der Waals surface area contributed by atoms with Crippen molar-refractivity contribution in [2.24, 2.45) is 0 Å². The number of anilines is 2. The summed E-state index contributed by atoms with van der Waals surface area (Å²) >= 11 is 0. The Hall–Kier alpha value is -3.16. The summed E-state index contributed by atoms with van der Waals surface area (Å²) in [6.45, 7) is 0. The van der Waals surface area contributed by atoms with Crippen molar-refractivity contribution in [3.63, 3.8) is 0 Å². The summed E-state index contributed by atoms with van der Waals surface area (Å²) in [5, 5.41) is 2.86. The van der Waals surface area contributed by atoms with E-state index in [1.807, 2.05) is 61.5 Å². The van der Waals surface area contributed by atoms with Crippen molar-refractivity contribution in [3.05, 3.63) is 78.4 Å². The number of benzene rings is 3. The van der Waals surface area contributed by atoms with Gasteiger partial charge in [0, 0.05) is 33.8 Å². The second-order valence-electron chi connectivity index (χ2n) is 7.26. The molecule has 156 valence electrons. The third-order valence-corrected chi connectivity index (χ3v) is 6.54. The second kappa shape index (κ2) is 8.69. The molecule has 7 heteroatoms. The topological polar surface area (TPSA) is 69.7 Å². The number of sulfonamides is 1. The van der Waals surface area contributed by atoms with Gasteiger partial charge in [0.05, 0.1) is 16.3 Å². The maximum absolute atomic E-state index is 12.8. The molecular formula is C23H25N3O3S. The number of amides is 1. The molecule has 0 aliphatic heterocycles. The highest BCUT2D eigenvalue weighted by Crippen LogP contribution is 2.29. The first-order valence-electron chi connectivity index (χ1n) is 9.41. The van der Waals surface area contributed by atoms with Crippen LogP contribution in [0.2, 0.25) is 0 Å². The van der Waals surface area contributed by atoms with Crippen molar-refractivity contribution < 1.29 is 13.2 Å². The Morgan fingerprint density at radius 2 is 1.40 bits per heavy atom. The van der Waals surface area contributed by atoms with Gasteiger partial charge in [-0.15, -0.1) is 0 Å². The molecule has 3 aromatic carbocycles. The highest BCUT2D eigenvalue weighted by molar-refractivity contribution is 7.89. The minimum atomic E-state index is -3.62. The molecule has 0 radical (unpaired) electrons. The smallest absolute Gasteiger partial charge is 0.255 e. The predicted molar refractivity (Wildman–Crippen MR) is 121 cm³/mol. The molecule has 30 heavy (non-hydrogen) atoms. The van der Waals surface area contributed by atoms with Crippen LogP contribution in [0.1, 0.15) is 10.4 Å². The molecule has 0 atom stereocenters. The van der Waals surface area contributed by atoms with Gasteiger partial charge in [0.1, 0.15) is 0 Å². The fourth-order valence-electron chi connectivity index (χ4n) is 3.02. The Morgan fingerprint density at radius 3 is 1.97 bits per heavy atom. The van der Waals surface area contributed by atoms with Gasteiger partial charge in [0.25, 0.3) is 5.91 Å². The first-order chi connectivity index (χ1) is 14.2. The molecule has 0 unspecified atom stereocenters. The predicted octanol–water partition coefficient (Wildman–Crippen LogP) is 3.92. The van der Waals surface area contributed by atoms with Crippen LogP contribution in [-0.2, 0) is 10.0 Å². The molecule has 0 aliphatic rings. The zero-order valence-electron chi connectivity index (χ0n) is 17.5. The van der Waals surface area contributed by atoms with Crippen LogP contribution in [0.5, 0.6) is 0 Å². The van der Waals surface area contributed by atoms with E-state index in [0.29, 0.717) is 16.9 Å². The lowest BCUT2D eigenvalue weighted by Crippen LogP contribution is -2.23. The van der Waals surface area contributed by atoms with Crippen LogP contribution in [0.3, 0.4) is 0 Å². The average Bonchev–Trinajstić information content (AvgIpc) is 2.74. The van der Waals surface area contributed by atoms with Gasteiger partial charge >= 0.3 is 0 Å². The number of hydrogen-bond donors (Lipinski definition) is 1. The van der Waals surface area contributed by atoms with E-state index in [-0.39, 0.29) is 10.8 Å². The lowest BCUT2D eigenvalue weighted by Gasteiger charge is -2.20. The molecule has 3 aromatic rings. The fourth-order valence-corrected chi connectivity index (χ4v) is 3.94. The zero-order valence-corrected chi connectivity index (χ0v) is 18.3. The molecule has 0 bridgehead atoms. The number of hydrogen-bond acceptors (Lipinski definition) is 4. The van der Waals surface area contributed by atoms with Crippen molar-refractivity contribution >= 4 is 27.3 Å². The van der Waals surface area contributed by atoms with Crippen molar-refractivity contribution in [1.82, 2.24) is 4.31 Å². The number of rotatable bonds is 6. The van der Waals surface area contributed by atoms with Gasteiger partial charge < -0.3 is 10.2 Å². The van der Waals surface area contributed by atoms with Gasteiger partial charge in [-0.05, 0) is 41.5 Å². The summed E-state index contributed by atoms with van der Waals surface area (Å²) in [5.74, 6) is -0.308. The molecule has 0 aromatic heterocycles. The van der Waals surface area contributed by atoms with Crippen LogP contribution in [0.4, 0.5) is 11.4 Å². The van der Waals surface area contributed by atoms with E-state index < -0.39 is 10.0 Å². The molecule has 1 N–H and O–H groups in total. The molecule has 0 saturated carbocycles. The average molecular weight is 424 g/mol. The van der Waals surface area contributed by atoms with Crippen molar-refractivity contribution in [3.8, 4) is 11.1 Å². The highest BCUT2D eigenvalue weighted by atomic mass is 32.2. The standard InChI is InChI=1S/C23H25N3O3S/c1-25(2)22-15-14-20(30(28,29)26(3)4)16-21(22)24-23(27)19-12-10-18(11-13-19)17-8-6-5-7-9-17/h5-16H,1-4H3,(H,24,27). The second-order valence-corrected chi connectivity index (χ2v) is 9.41. The van der Waals surface area contributed by atoms with Crippen molar-refractivity contribution in [2.75, 3.05) is 38.4 Å². The van der Waals surface area contributed by atoms with E-state index in [0.717, 1.165) is 15.4 Å². The van der Waals surface area contributed by atoms with Gasteiger partial charge in [-0.1, -0.05) is 42.5 Å². The molecule has 6 nitrogen and oxygen atoms in total. The molecule has 1 amide bonds. The van der Waals surface area contributed by atoms with Gasteiger partial charge in [0.2, 0.25) is 10.0 Å². The summed E-state index contributed by atoms with van der Waals surface area (Å²) in [5.41, 5.74) is 3.71. The fraction of sp³-hybridized carbons (Fsp3) is 0.174. The van der Waals surface area contributed by atoms with E-state index >= 15 is 0 Å². The minimum absolute atomic E-state index is 0.118. The maximum Gasteiger partial charge on any atom is 0.255 e. The lowest BCUT2D eigenvalue weighted by molar-refractivity contribution is 0.102. The van der Waals surface area contributed by atoms with Gasteiger partial charge in [-0.3, -0.25) is 4.79 Å². The van der Waals surface area contributed by atoms with Crippen LogP contribution < -0.4 is 10.2 Å². The van der Waals surface area contributed by atoms with Crippen LogP contribution in [-0.4, -0.2) is 46.8 Å². The summed E-state index contributed by atoms with van der Waals surface area (Å²) in [6, 6.07) is 21.9. The van der Waals surface area contributed by atoms with Crippen LogP contribution in [0, 0.1) is 0 Å². The lowest BCUT2D eigenvalue weighted by atomic mass is 10.0. The summed E-state index contributed by atoms with van der Waals surface area (Å²) < 4.78 is 26.1. The Labute approximate surface area is 177 Å². The van der Waals surface area contributed by atoms with Gasteiger partial charge in [-0.2, -0.15) is 0 Å². The molecule has 3 rings (SSSR count). The van der Waals surface area contributed by atoms with Crippen molar-refractivity contribution in [2.45, 2.75) is 4.90 Å². The van der Waals surface area contributed by atoms with E-state index in [9.17, 15) is 13.2 Å². The van der Waals surface area contributed by atoms with Crippen LogP contribution in [0.15, 0.2) is 77.7 Å². The number of nitrogens with one attached hydrogen (secondary N) is 1. The van der Waals surface area contributed by atoms with E-state index in [1.165, 1.54) is 26.2 Å². The van der Waals surface area contributed by atoms with E-state index in [2.05, 4.69) is 5.32 Å². The Balaban J connectivity index is 1.90. The first kappa shape index (κ1) is 21.5. The zero-order chi connectivity index (χ0) is 21.9. The third-order valence-electron chi connectivity index (χ3n) is 4.73. The monoisotopic (exact) mass is 423 g/mol. The Kier molecular flexibility index (Phi) is 6.24. The van der Waals surface area contributed by atoms with Gasteiger partial charge in [0.15, 0.2) is 0 Å². The first-order valence-corrected chi connectivity index (χ1v) is 10.8. The van der Waals surface area contributed by atoms with Crippen molar-refractivity contribution in [1.29, 1.82) is 0 Å². The highest BCUT2D eigenvalue weighted by Gasteiger charge is 2.20. The molecular weight excluding hydrogens is 398 g/mol. The quantitative estimate of drug-likeness (QED) is 0.652. The van der Waals surface area contributed by atoms with Gasteiger partial charge in [-0.25, -0.2) is 12.7 Å². The molecule has 0 aliphatic carbocycles. The summed E-state index contributed by atoms with van der Waals surface area (Å²) in [6.07, 6.45) is 0. The molecule has 0 spiro atoms. The molecule has 0 saturated heterocycles.